The standard InChI is InChI=1S/C31H34F3N7/c1-21(2)40-18-14-27(15-19-40)41(20-23-4-10-26(11-5-23)38-29-13-17-35-22(3)37-29)30-36-16-12-28(39-30)24-6-8-25(9-7-24)31(32,33)34/h4-13,16-17,21,27H,14-15,18-20H2,1-3H3,(H,35,37,38). The summed E-state index contributed by atoms with van der Waals surface area (Å²) < 4.78 is 39.3. The minimum Gasteiger partial charge on any atom is -0.340 e. The summed E-state index contributed by atoms with van der Waals surface area (Å²) in [6, 6.07) is 17.6. The number of piperidine rings is 1. The summed E-state index contributed by atoms with van der Waals surface area (Å²) in [5.41, 5.74) is 2.55. The zero-order chi connectivity index (χ0) is 29.0. The molecule has 1 N–H and O–H groups in total. The highest BCUT2D eigenvalue weighted by molar-refractivity contribution is 5.61. The van der Waals surface area contributed by atoms with E-state index in [0.29, 0.717) is 35.6 Å². The molecule has 214 valence electrons. The normalized spacial score (nSPS) is 14.8. The molecule has 1 saturated heterocycles. The lowest BCUT2D eigenvalue weighted by atomic mass is 10.0. The smallest absolute Gasteiger partial charge is 0.340 e. The van der Waals surface area contributed by atoms with Crippen LogP contribution in [0.3, 0.4) is 0 Å². The van der Waals surface area contributed by atoms with Crippen molar-refractivity contribution in [3.05, 3.63) is 90.0 Å². The van der Waals surface area contributed by atoms with Crippen molar-refractivity contribution in [3.63, 3.8) is 0 Å². The van der Waals surface area contributed by atoms with Crippen molar-refractivity contribution in [2.45, 2.75) is 58.4 Å². The number of halogens is 3. The van der Waals surface area contributed by atoms with Gasteiger partial charge in [0.05, 0.1) is 11.3 Å². The number of anilines is 3. The SMILES string of the molecule is Cc1nccc(Nc2ccc(CN(c3nccc(-c4ccc(C(F)(F)F)cc4)n3)C3CCN(C(C)C)CC3)cc2)n1. The zero-order valence-corrected chi connectivity index (χ0v) is 23.4. The Balaban J connectivity index is 1.39. The van der Waals surface area contributed by atoms with E-state index >= 15 is 0 Å². The Morgan fingerprint density at radius 1 is 0.902 bits per heavy atom. The summed E-state index contributed by atoms with van der Waals surface area (Å²) in [5, 5.41) is 3.31. The fourth-order valence-electron chi connectivity index (χ4n) is 5.12. The van der Waals surface area contributed by atoms with Gasteiger partial charge in [0.25, 0.3) is 0 Å². The van der Waals surface area contributed by atoms with E-state index in [9.17, 15) is 13.2 Å². The van der Waals surface area contributed by atoms with E-state index in [4.69, 9.17) is 4.98 Å². The van der Waals surface area contributed by atoms with Crippen molar-refractivity contribution >= 4 is 17.5 Å². The van der Waals surface area contributed by atoms with Crippen LogP contribution in [0.4, 0.5) is 30.6 Å². The first-order chi connectivity index (χ1) is 19.7. The Morgan fingerprint density at radius 2 is 1.59 bits per heavy atom. The van der Waals surface area contributed by atoms with Gasteiger partial charge in [0.15, 0.2) is 0 Å². The molecule has 1 fully saturated rings. The van der Waals surface area contributed by atoms with Crippen molar-refractivity contribution in [1.82, 2.24) is 24.8 Å². The first-order valence-electron chi connectivity index (χ1n) is 13.8. The molecule has 4 aromatic rings. The second kappa shape index (κ2) is 12.2. The minimum atomic E-state index is -4.38. The topological polar surface area (TPSA) is 70.1 Å². The van der Waals surface area contributed by atoms with Crippen molar-refractivity contribution in [3.8, 4) is 11.3 Å². The highest BCUT2D eigenvalue weighted by Gasteiger charge is 2.30. The molecule has 0 radical (unpaired) electrons. The van der Waals surface area contributed by atoms with E-state index in [1.54, 1.807) is 18.5 Å². The molecule has 2 aromatic heterocycles. The van der Waals surface area contributed by atoms with E-state index in [2.05, 4.69) is 56.0 Å². The summed E-state index contributed by atoms with van der Waals surface area (Å²) in [6.07, 6.45) is 0.968. The van der Waals surface area contributed by atoms with Crippen LogP contribution in [0, 0.1) is 6.92 Å². The Morgan fingerprint density at radius 3 is 2.22 bits per heavy atom. The average molecular weight is 562 g/mol. The van der Waals surface area contributed by atoms with Crippen LogP contribution in [-0.2, 0) is 12.7 Å². The van der Waals surface area contributed by atoms with Crippen LogP contribution in [-0.4, -0.2) is 50.0 Å². The number of likely N-dealkylation sites (tertiary alicyclic amines) is 1. The maximum atomic E-state index is 13.1. The molecule has 1 aliphatic heterocycles. The predicted molar refractivity (Wildman–Crippen MR) is 155 cm³/mol. The van der Waals surface area contributed by atoms with Crippen LogP contribution in [0.5, 0.6) is 0 Å². The lowest BCUT2D eigenvalue weighted by Crippen LogP contribution is -2.47. The van der Waals surface area contributed by atoms with Gasteiger partial charge in [-0.1, -0.05) is 24.3 Å². The third kappa shape index (κ3) is 7.18. The predicted octanol–water partition coefficient (Wildman–Crippen LogP) is 6.88. The van der Waals surface area contributed by atoms with Gasteiger partial charge in [0.2, 0.25) is 5.95 Å². The molecule has 3 heterocycles. The molecule has 7 nitrogen and oxygen atoms in total. The van der Waals surface area contributed by atoms with Gasteiger partial charge in [0, 0.05) is 55.4 Å². The third-order valence-corrected chi connectivity index (χ3v) is 7.43. The number of hydrogen-bond acceptors (Lipinski definition) is 7. The van der Waals surface area contributed by atoms with Gasteiger partial charge in [-0.3, -0.25) is 0 Å². The highest BCUT2D eigenvalue weighted by Crippen LogP contribution is 2.31. The molecule has 0 spiro atoms. The Hall–Kier alpha value is -4.05. The summed E-state index contributed by atoms with van der Waals surface area (Å²) >= 11 is 0. The Kier molecular flexibility index (Phi) is 8.49. The van der Waals surface area contributed by atoms with Crippen molar-refractivity contribution < 1.29 is 13.2 Å². The van der Waals surface area contributed by atoms with Crippen LogP contribution in [0.2, 0.25) is 0 Å². The van der Waals surface area contributed by atoms with Crippen LogP contribution >= 0.6 is 0 Å². The number of alkyl halides is 3. The third-order valence-electron chi connectivity index (χ3n) is 7.43. The molecule has 2 aromatic carbocycles. The van der Waals surface area contributed by atoms with E-state index in [1.165, 1.54) is 12.1 Å². The summed E-state index contributed by atoms with van der Waals surface area (Å²) in [6.45, 7) is 8.86. The van der Waals surface area contributed by atoms with E-state index in [-0.39, 0.29) is 6.04 Å². The molecule has 0 atom stereocenters. The van der Waals surface area contributed by atoms with Gasteiger partial charge < -0.3 is 15.1 Å². The van der Waals surface area contributed by atoms with Crippen LogP contribution in [0.15, 0.2) is 73.1 Å². The maximum Gasteiger partial charge on any atom is 0.416 e. The number of benzene rings is 2. The quantitative estimate of drug-likeness (QED) is 0.251. The van der Waals surface area contributed by atoms with Crippen LogP contribution in [0.1, 0.15) is 43.6 Å². The van der Waals surface area contributed by atoms with Gasteiger partial charge in [-0.05, 0) is 75.6 Å². The molecular weight excluding hydrogens is 527 g/mol. The molecule has 1 aliphatic rings. The zero-order valence-electron chi connectivity index (χ0n) is 23.4. The average Bonchev–Trinajstić information content (AvgIpc) is 2.96. The van der Waals surface area contributed by atoms with E-state index < -0.39 is 11.7 Å². The first kappa shape index (κ1) is 28.5. The fraction of sp³-hybridized carbons (Fsp3) is 0.355. The minimum absolute atomic E-state index is 0.231. The summed E-state index contributed by atoms with van der Waals surface area (Å²) in [7, 11) is 0. The van der Waals surface area contributed by atoms with Gasteiger partial charge >= 0.3 is 6.18 Å². The Bertz CT molecular complexity index is 1430. The largest absolute Gasteiger partial charge is 0.416 e. The van der Waals surface area contributed by atoms with Gasteiger partial charge in [-0.15, -0.1) is 0 Å². The second-order valence-electron chi connectivity index (χ2n) is 10.6. The molecule has 0 bridgehead atoms. The van der Waals surface area contributed by atoms with E-state index in [0.717, 1.165) is 55.1 Å². The Labute approximate surface area is 238 Å². The number of hydrogen-bond donors (Lipinski definition) is 1. The van der Waals surface area contributed by atoms with Crippen LogP contribution < -0.4 is 10.2 Å². The molecule has 0 amide bonds. The number of aromatic nitrogens is 4. The maximum absolute atomic E-state index is 13.1. The van der Waals surface area contributed by atoms with E-state index in [1.807, 2.05) is 25.1 Å². The van der Waals surface area contributed by atoms with Gasteiger partial charge in [-0.2, -0.15) is 13.2 Å². The van der Waals surface area contributed by atoms with Crippen molar-refractivity contribution in [2.24, 2.45) is 0 Å². The van der Waals surface area contributed by atoms with Crippen molar-refractivity contribution in [1.29, 1.82) is 0 Å². The molecule has 5 rings (SSSR count). The second-order valence-corrected chi connectivity index (χ2v) is 10.6. The summed E-state index contributed by atoms with van der Waals surface area (Å²) in [4.78, 5) is 22.7. The van der Waals surface area contributed by atoms with Crippen molar-refractivity contribution in [2.75, 3.05) is 23.3 Å². The molecular formula is C31H34F3N7. The molecule has 41 heavy (non-hydrogen) atoms. The van der Waals surface area contributed by atoms with Gasteiger partial charge in [-0.25, -0.2) is 19.9 Å². The number of nitrogens with zero attached hydrogens (tertiary/aromatic N) is 6. The highest BCUT2D eigenvalue weighted by atomic mass is 19.4. The lowest BCUT2D eigenvalue weighted by molar-refractivity contribution is -0.137. The number of aryl methyl sites for hydroxylation is 1. The molecule has 10 heteroatoms. The molecule has 0 unspecified atom stereocenters. The first-order valence-corrected chi connectivity index (χ1v) is 13.8. The fourth-order valence-corrected chi connectivity index (χ4v) is 5.12. The van der Waals surface area contributed by atoms with Crippen LogP contribution in [0.25, 0.3) is 11.3 Å². The number of rotatable bonds is 8. The molecule has 0 aliphatic carbocycles. The summed E-state index contributed by atoms with van der Waals surface area (Å²) in [5.74, 6) is 2.01. The molecule has 0 saturated carbocycles. The lowest BCUT2D eigenvalue weighted by Gasteiger charge is -2.40. The van der Waals surface area contributed by atoms with Gasteiger partial charge in [0.1, 0.15) is 11.6 Å². The number of nitrogens with one attached hydrogen (secondary N) is 1. The monoisotopic (exact) mass is 561 g/mol.